The molecule has 3 fully saturated rings. The van der Waals surface area contributed by atoms with Crippen LogP contribution in [0, 0.1) is 5.92 Å². The fraction of sp³-hybridized carbons (Fsp3) is 0.395. The highest BCUT2D eigenvalue weighted by Crippen LogP contribution is 2.41. The smallest absolute Gasteiger partial charge is 0.324 e. The third-order valence-corrected chi connectivity index (χ3v) is 11.3. The maximum absolute atomic E-state index is 13.9. The molecule has 2 aromatic rings. The van der Waals surface area contributed by atoms with Gasteiger partial charge in [0, 0.05) is 92.6 Å². The lowest BCUT2D eigenvalue weighted by Gasteiger charge is -2.40. The summed E-state index contributed by atoms with van der Waals surface area (Å²) < 4.78 is 26.4. The van der Waals surface area contributed by atoms with E-state index in [1.165, 1.54) is 6.20 Å². The number of anilines is 2. The van der Waals surface area contributed by atoms with Crippen LogP contribution in [-0.4, -0.2) is 88.7 Å². The van der Waals surface area contributed by atoms with Crippen LogP contribution in [0.4, 0.5) is 25.0 Å². The Morgan fingerprint density at radius 1 is 0.942 bits per heavy atom. The number of aromatic amines is 1. The van der Waals surface area contributed by atoms with Crippen molar-refractivity contribution in [3.63, 3.8) is 0 Å². The van der Waals surface area contributed by atoms with Crippen LogP contribution in [0.5, 0.6) is 0 Å². The molecule has 11 nitrogen and oxygen atoms in total. The van der Waals surface area contributed by atoms with E-state index >= 15 is 0 Å². The molecule has 3 saturated heterocycles. The molecule has 5 amide bonds. The van der Waals surface area contributed by atoms with Crippen LogP contribution in [-0.2, 0) is 22.6 Å². The minimum Gasteiger partial charge on any atom is -0.371 e. The van der Waals surface area contributed by atoms with E-state index in [-0.39, 0.29) is 29.3 Å². The lowest BCUT2D eigenvalue weighted by atomic mass is 9.95. The zero-order valence-corrected chi connectivity index (χ0v) is 29.2. The Kier molecular flexibility index (Phi) is 9.06. The predicted molar refractivity (Wildman–Crippen MR) is 192 cm³/mol. The van der Waals surface area contributed by atoms with Gasteiger partial charge in [0.15, 0.2) is 0 Å². The Hall–Kier alpha value is -5.04. The largest absolute Gasteiger partial charge is 0.371 e. The number of urea groups is 1. The van der Waals surface area contributed by atoms with E-state index in [2.05, 4.69) is 20.2 Å². The van der Waals surface area contributed by atoms with Gasteiger partial charge in [-0.15, -0.1) is 0 Å². The standard InChI is InChI=1S/C38H38ClF2N7O4/c39-34-25(16-31(40)41)18-42-35-33(34)29(19-43-35)23-3-1-4-27(15-23)47-12-2-11-46(38(47)52)20-22-9-13-45(14-10-22)26-6-5-24-21-48(37(51)28(24)17-26)30-7-8-32(49)44-36(30)50/h1,3-6,15,17-19,22,30-31H,2,7-14,16,20-21H2,(H,42,43)(H,44,49,50). The molecule has 8 rings (SSSR count). The van der Waals surface area contributed by atoms with Gasteiger partial charge in [-0.3, -0.25) is 24.6 Å². The number of rotatable bonds is 8. The number of amides is 5. The van der Waals surface area contributed by atoms with Gasteiger partial charge >= 0.3 is 6.03 Å². The van der Waals surface area contributed by atoms with Gasteiger partial charge in [0.2, 0.25) is 18.2 Å². The number of nitrogens with one attached hydrogen (secondary N) is 2. The van der Waals surface area contributed by atoms with Crippen molar-refractivity contribution in [1.82, 2.24) is 25.1 Å². The number of carbonyl (C=O) groups excluding carboxylic acids is 4. The maximum Gasteiger partial charge on any atom is 0.324 e. The van der Waals surface area contributed by atoms with Crippen LogP contribution in [0.1, 0.15) is 53.6 Å². The number of pyridine rings is 1. The van der Waals surface area contributed by atoms with Gasteiger partial charge < -0.3 is 19.7 Å². The first-order valence-electron chi connectivity index (χ1n) is 17.8. The summed E-state index contributed by atoms with van der Waals surface area (Å²) in [6.07, 6.45) is 3.33. The van der Waals surface area contributed by atoms with Crippen molar-refractivity contribution in [2.24, 2.45) is 5.92 Å². The molecule has 52 heavy (non-hydrogen) atoms. The van der Waals surface area contributed by atoms with E-state index in [1.807, 2.05) is 47.4 Å². The summed E-state index contributed by atoms with van der Waals surface area (Å²) in [5.41, 5.74) is 5.61. The van der Waals surface area contributed by atoms with E-state index < -0.39 is 24.8 Å². The molecule has 0 saturated carbocycles. The molecule has 0 aliphatic carbocycles. The van der Waals surface area contributed by atoms with Crippen molar-refractivity contribution in [2.45, 2.75) is 57.5 Å². The van der Waals surface area contributed by atoms with Gasteiger partial charge in [0.1, 0.15) is 11.9 Å². The fourth-order valence-corrected chi connectivity index (χ4v) is 8.41. The van der Waals surface area contributed by atoms with E-state index in [1.54, 1.807) is 16.0 Å². The second-order valence-electron chi connectivity index (χ2n) is 14.1. The first kappa shape index (κ1) is 34.1. The molecule has 270 valence electrons. The summed E-state index contributed by atoms with van der Waals surface area (Å²) in [6.45, 7) is 3.87. The average molecular weight is 730 g/mol. The minimum absolute atomic E-state index is 0.0420. The van der Waals surface area contributed by atoms with Crippen molar-refractivity contribution >= 4 is 46.7 Å². The minimum atomic E-state index is -2.53. The summed E-state index contributed by atoms with van der Waals surface area (Å²) in [5, 5.41) is 2.60. The lowest BCUT2D eigenvalue weighted by molar-refractivity contribution is -0.136. The van der Waals surface area contributed by atoms with Gasteiger partial charge in [0.05, 0.1) is 5.02 Å². The van der Waals surface area contributed by atoms with Crippen LogP contribution < -0.4 is 15.1 Å². The number of carbonyl (C=O) groups is 4. The molecule has 6 aliphatic rings. The molecule has 14 heteroatoms. The van der Waals surface area contributed by atoms with Crippen molar-refractivity contribution in [2.75, 3.05) is 42.5 Å². The summed E-state index contributed by atoms with van der Waals surface area (Å²) in [6, 6.07) is 12.9. The summed E-state index contributed by atoms with van der Waals surface area (Å²) in [7, 11) is 0. The Balaban J connectivity index is 0.904. The zero-order chi connectivity index (χ0) is 36.1. The quantitative estimate of drug-likeness (QED) is 0.216. The SMILES string of the molecule is O=C1CCC(N2Cc3ccc(N4CCC(CN5CCCN(c6cccc(-c7cnc8[nH]cc(CC(F)F)c(Cl)c7-8)c6)C5=O)CC4)cc3C2=O)C(=O)N1. The van der Waals surface area contributed by atoms with Gasteiger partial charge in [-0.1, -0.05) is 29.8 Å². The average Bonchev–Trinajstić information content (AvgIpc) is 3.72. The fourth-order valence-electron chi connectivity index (χ4n) is 8.09. The number of piperidine rings is 2. The summed E-state index contributed by atoms with van der Waals surface area (Å²) in [5.74, 6) is -0.0613. The molecule has 0 bridgehead atoms. The summed E-state index contributed by atoms with van der Waals surface area (Å²) in [4.78, 5) is 66.3. The molecular weight excluding hydrogens is 692 g/mol. The number of benzene rings is 2. The third-order valence-electron chi connectivity index (χ3n) is 10.8. The van der Waals surface area contributed by atoms with Crippen LogP contribution in [0.3, 0.4) is 0 Å². The third kappa shape index (κ3) is 6.35. The number of imide groups is 1. The molecule has 1 atom stereocenters. The number of nitrogens with zero attached hydrogens (tertiary/aromatic N) is 5. The van der Waals surface area contributed by atoms with Crippen LogP contribution >= 0.6 is 11.6 Å². The van der Waals surface area contributed by atoms with Gasteiger partial charge in [-0.2, -0.15) is 0 Å². The molecule has 2 aromatic carbocycles. The van der Waals surface area contributed by atoms with Crippen LogP contribution in [0.15, 0.2) is 54.9 Å². The number of hydrogen-bond donors (Lipinski definition) is 2. The lowest BCUT2D eigenvalue weighted by Crippen LogP contribution is -2.52. The molecule has 0 aromatic heterocycles. The second kappa shape index (κ2) is 13.8. The molecule has 1 unspecified atom stereocenters. The van der Waals surface area contributed by atoms with Crippen LogP contribution in [0.25, 0.3) is 22.5 Å². The molecular formula is C38H38ClF2N7O4. The van der Waals surface area contributed by atoms with E-state index in [4.69, 9.17) is 11.6 Å². The number of aromatic nitrogens is 2. The number of hydrogen-bond acceptors (Lipinski definition) is 6. The number of halogens is 3. The van der Waals surface area contributed by atoms with Gasteiger partial charge in [0.25, 0.3) is 5.91 Å². The Morgan fingerprint density at radius 2 is 1.77 bits per heavy atom. The van der Waals surface area contributed by atoms with Gasteiger partial charge in [-0.05, 0) is 72.6 Å². The predicted octanol–water partition coefficient (Wildman–Crippen LogP) is 5.95. The Morgan fingerprint density at radius 3 is 2.56 bits per heavy atom. The molecule has 6 aliphatic heterocycles. The van der Waals surface area contributed by atoms with Crippen LogP contribution in [0.2, 0.25) is 5.02 Å². The molecule has 2 N–H and O–H groups in total. The van der Waals surface area contributed by atoms with E-state index in [0.29, 0.717) is 66.6 Å². The highest BCUT2D eigenvalue weighted by molar-refractivity contribution is 6.34. The van der Waals surface area contributed by atoms with Crippen molar-refractivity contribution < 1.29 is 28.0 Å². The van der Waals surface area contributed by atoms with E-state index in [0.717, 1.165) is 54.9 Å². The highest BCUT2D eigenvalue weighted by Gasteiger charge is 2.39. The topological polar surface area (TPSA) is 122 Å². The zero-order valence-electron chi connectivity index (χ0n) is 28.4. The number of alkyl halides is 2. The monoisotopic (exact) mass is 729 g/mol. The first-order chi connectivity index (χ1) is 25.1. The van der Waals surface area contributed by atoms with E-state index in [9.17, 15) is 28.0 Å². The maximum atomic E-state index is 13.9. The molecule has 6 heterocycles. The molecule has 0 spiro atoms. The van der Waals surface area contributed by atoms with Crippen molar-refractivity contribution in [3.8, 4) is 22.5 Å². The van der Waals surface area contributed by atoms with Crippen molar-refractivity contribution in [3.05, 3.63) is 76.6 Å². The highest BCUT2D eigenvalue weighted by atomic mass is 35.5. The Labute approximate surface area is 304 Å². The van der Waals surface area contributed by atoms with Gasteiger partial charge in [-0.25, -0.2) is 18.6 Å². The number of fused-ring (bicyclic) bond motifs is 2. The normalized spacial score (nSPS) is 20.0. The first-order valence-corrected chi connectivity index (χ1v) is 18.1. The summed E-state index contributed by atoms with van der Waals surface area (Å²) >= 11 is 6.61. The van der Waals surface area contributed by atoms with Crippen molar-refractivity contribution in [1.29, 1.82) is 0 Å². The number of H-pyrrole nitrogens is 1. The Bertz CT molecular complexity index is 2030. The molecule has 0 radical (unpaired) electrons. The second-order valence-corrected chi connectivity index (χ2v) is 14.5.